The lowest BCUT2D eigenvalue weighted by Gasteiger charge is -2.07. The third kappa shape index (κ3) is 12.7. The SMILES string of the molecule is CCCCCCCCCCCCCCOc1ccc(C(=O)CCCC)cc1. The Bertz CT molecular complexity index is 464. The van der Waals surface area contributed by atoms with Crippen molar-refractivity contribution < 1.29 is 9.53 Å². The van der Waals surface area contributed by atoms with E-state index in [0.29, 0.717) is 6.42 Å². The fourth-order valence-electron chi connectivity index (χ4n) is 3.35. The van der Waals surface area contributed by atoms with Gasteiger partial charge in [0, 0.05) is 12.0 Å². The number of unbranched alkanes of at least 4 members (excludes halogenated alkanes) is 12. The molecule has 1 aromatic carbocycles. The van der Waals surface area contributed by atoms with Crippen LogP contribution in [0.3, 0.4) is 0 Å². The first-order valence-corrected chi connectivity index (χ1v) is 11.5. The van der Waals surface area contributed by atoms with Gasteiger partial charge in [0.15, 0.2) is 5.78 Å². The summed E-state index contributed by atoms with van der Waals surface area (Å²) in [6.07, 6.45) is 19.0. The summed E-state index contributed by atoms with van der Waals surface area (Å²) in [5, 5.41) is 0. The van der Waals surface area contributed by atoms with Gasteiger partial charge in [-0.3, -0.25) is 4.79 Å². The summed E-state index contributed by atoms with van der Waals surface area (Å²) in [7, 11) is 0. The second kappa shape index (κ2) is 16.8. The van der Waals surface area contributed by atoms with Crippen molar-refractivity contribution in [1.82, 2.24) is 0 Å². The van der Waals surface area contributed by atoms with Crippen molar-refractivity contribution in [3.05, 3.63) is 29.8 Å². The predicted octanol–water partition coefficient (Wildman–Crippen LogP) is 8.14. The van der Waals surface area contributed by atoms with Gasteiger partial charge in [-0.2, -0.15) is 0 Å². The average Bonchev–Trinajstić information content (AvgIpc) is 2.70. The first-order valence-electron chi connectivity index (χ1n) is 11.5. The zero-order valence-corrected chi connectivity index (χ0v) is 17.9. The summed E-state index contributed by atoms with van der Waals surface area (Å²) in [6, 6.07) is 7.66. The van der Waals surface area contributed by atoms with Gasteiger partial charge in [0.1, 0.15) is 5.75 Å². The molecule has 0 unspecified atom stereocenters. The van der Waals surface area contributed by atoms with Crippen molar-refractivity contribution in [2.24, 2.45) is 0 Å². The number of benzene rings is 1. The highest BCUT2D eigenvalue weighted by atomic mass is 16.5. The van der Waals surface area contributed by atoms with Gasteiger partial charge in [-0.25, -0.2) is 0 Å². The lowest BCUT2D eigenvalue weighted by atomic mass is 10.1. The number of ether oxygens (including phenoxy) is 1. The zero-order valence-electron chi connectivity index (χ0n) is 17.9. The summed E-state index contributed by atoms with van der Waals surface area (Å²) >= 11 is 0. The van der Waals surface area contributed by atoms with Crippen molar-refractivity contribution in [3.63, 3.8) is 0 Å². The molecule has 0 atom stereocenters. The predicted molar refractivity (Wildman–Crippen MR) is 117 cm³/mol. The zero-order chi connectivity index (χ0) is 19.6. The maximum atomic E-state index is 12.0. The van der Waals surface area contributed by atoms with Crippen molar-refractivity contribution in [2.45, 2.75) is 110 Å². The second-order valence-corrected chi connectivity index (χ2v) is 7.79. The number of Topliss-reactive ketones (excluding diaryl/α,β-unsaturated/α-hetero) is 1. The molecular weight excluding hydrogens is 332 g/mol. The van der Waals surface area contributed by atoms with E-state index in [2.05, 4.69) is 13.8 Å². The van der Waals surface area contributed by atoms with Crippen LogP contribution >= 0.6 is 0 Å². The maximum Gasteiger partial charge on any atom is 0.162 e. The van der Waals surface area contributed by atoms with Gasteiger partial charge in [-0.05, 0) is 37.1 Å². The first kappa shape index (κ1) is 23.7. The van der Waals surface area contributed by atoms with Gasteiger partial charge >= 0.3 is 0 Å². The number of hydrogen-bond acceptors (Lipinski definition) is 2. The molecule has 0 heterocycles. The molecule has 1 aromatic rings. The molecule has 2 heteroatoms. The molecular formula is C25H42O2. The van der Waals surface area contributed by atoms with Gasteiger partial charge in [-0.1, -0.05) is 90.9 Å². The molecule has 0 saturated carbocycles. The van der Waals surface area contributed by atoms with Crippen LogP contribution in [0.1, 0.15) is 121 Å². The van der Waals surface area contributed by atoms with Crippen molar-refractivity contribution >= 4 is 5.78 Å². The molecule has 0 N–H and O–H groups in total. The number of ketones is 1. The third-order valence-corrected chi connectivity index (χ3v) is 5.20. The van der Waals surface area contributed by atoms with Crippen LogP contribution < -0.4 is 4.74 Å². The Morgan fingerprint density at radius 3 is 1.67 bits per heavy atom. The van der Waals surface area contributed by atoms with Crippen LogP contribution in [-0.4, -0.2) is 12.4 Å². The molecule has 0 aromatic heterocycles. The highest BCUT2D eigenvalue weighted by Crippen LogP contribution is 2.16. The summed E-state index contributed by atoms with van der Waals surface area (Å²) in [5.74, 6) is 1.12. The molecule has 0 aliphatic heterocycles. The van der Waals surface area contributed by atoms with E-state index in [1.54, 1.807) is 0 Å². The largest absolute Gasteiger partial charge is 0.494 e. The Morgan fingerprint density at radius 1 is 0.667 bits per heavy atom. The van der Waals surface area contributed by atoms with E-state index in [1.165, 1.54) is 70.6 Å². The van der Waals surface area contributed by atoms with Crippen molar-refractivity contribution in [2.75, 3.05) is 6.61 Å². The molecule has 0 spiro atoms. The summed E-state index contributed by atoms with van der Waals surface area (Å²) in [5.41, 5.74) is 0.807. The Hall–Kier alpha value is -1.31. The lowest BCUT2D eigenvalue weighted by Crippen LogP contribution is -2.00. The minimum Gasteiger partial charge on any atom is -0.494 e. The smallest absolute Gasteiger partial charge is 0.162 e. The number of carbonyl (C=O) groups is 1. The standard InChI is InChI=1S/C25H42O2/c1-3-5-7-8-9-10-11-12-13-14-15-16-22-27-24-20-18-23(19-21-24)25(26)17-6-4-2/h18-21H,3-17,22H2,1-2H3. The van der Waals surface area contributed by atoms with Gasteiger partial charge in [0.2, 0.25) is 0 Å². The lowest BCUT2D eigenvalue weighted by molar-refractivity contribution is 0.0979. The molecule has 0 radical (unpaired) electrons. The Balaban J connectivity index is 1.95. The van der Waals surface area contributed by atoms with E-state index in [1.807, 2.05) is 24.3 Å². The van der Waals surface area contributed by atoms with Crippen molar-refractivity contribution in [3.8, 4) is 5.75 Å². The molecule has 0 amide bonds. The van der Waals surface area contributed by atoms with Crippen LogP contribution in [0.25, 0.3) is 0 Å². The van der Waals surface area contributed by atoms with Crippen molar-refractivity contribution in [1.29, 1.82) is 0 Å². The molecule has 0 fully saturated rings. The van der Waals surface area contributed by atoms with Crippen LogP contribution in [0.5, 0.6) is 5.75 Å². The highest BCUT2D eigenvalue weighted by molar-refractivity contribution is 5.96. The molecule has 0 saturated heterocycles. The number of hydrogen-bond donors (Lipinski definition) is 0. The van der Waals surface area contributed by atoms with Gasteiger partial charge in [0.05, 0.1) is 6.61 Å². The van der Waals surface area contributed by atoms with Gasteiger partial charge < -0.3 is 4.74 Å². The maximum absolute atomic E-state index is 12.0. The molecule has 154 valence electrons. The molecule has 0 aliphatic carbocycles. The average molecular weight is 375 g/mol. The summed E-state index contributed by atoms with van der Waals surface area (Å²) < 4.78 is 5.80. The molecule has 2 nitrogen and oxygen atoms in total. The molecule has 0 aliphatic rings. The molecule has 27 heavy (non-hydrogen) atoms. The van der Waals surface area contributed by atoms with Crippen LogP contribution in [0.2, 0.25) is 0 Å². The quantitative estimate of drug-likeness (QED) is 0.191. The van der Waals surface area contributed by atoms with Gasteiger partial charge in [-0.15, -0.1) is 0 Å². The first-order chi connectivity index (χ1) is 13.3. The summed E-state index contributed by atoms with van der Waals surface area (Å²) in [4.78, 5) is 12.0. The van der Waals surface area contributed by atoms with E-state index in [-0.39, 0.29) is 5.78 Å². The topological polar surface area (TPSA) is 26.3 Å². The van der Waals surface area contributed by atoms with E-state index in [0.717, 1.165) is 37.2 Å². The minimum atomic E-state index is 0.240. The van der Waals surface area contributed by atoms with E-state index < -0.39 is 0 Å². The van der Waals surface area contributed by atoms with Crippen LogP contribution in [0.4, 0.5) is 0 Å². The Kier molecular flexibility index (Phi) is 14.8. The van der Waals surface area contributed by atoms with E-state index >= 15 is 0 Å². The van der Waals surface area contributed by atoms with Crippen LogP contribution in [-0.2, 0) is 0 Å². The summed E-state index contributed by atoms with van der Waals surface area (Å²) in [6.45, 7) is 5.17. The Morgan fingerprint density at radius 2 is 1.15 bits per heavy atom. The minimum absolute atomic E-state index is 0.240. The molecule has 1 rings (SSSR count). The number of rotatable bonds is 18. The van der Waals surface area contributed by atoms with E-state index in [9.17, 15) is 4.79 Å². The second-order valence-electron chi connectivity index (χ2n) is 7.79. The van der Waals surface area contributed by atoms with Gasteiger partial charge in [0.25, 0.3) is 0 Å². The molecule has 0 bridgehead atoms. The van der Waals surface area contributed by atoms with Crippen LogP contribution in [0.15, 0.2) is 24.3 Å². The third-order valence-electron chi connectivity index (χ3n) is 5.20. The van der Waals surface area contributed by atoms with E-state index in [4.69, 9.17) is 4.74 Å². The van der Waals surface area contributed by atoms with Crippen LogP contribution in [0, 0.1) is 0 Å². The Labute approximate surface area is 168 Å². The fraction of sp³-hybridized carbons (Fsp3) is 0.720. The fourth-order valence-corrected chi connectivity index (χ4v) is 3.35. The number of carbonyl (C=O) groups excluding carboxylic acids is 1. The highest BCUT2D eigenvalue weighted by Gasteiger charge is 2.05. The monoisotopic (exact) mass is 374 g/mol. The normalized spacial score (nSPS) is 10.9.